The zero-order valence-corrected chi connectivity index (χ0v) is 12.4. The minimum absolute atomic E-state index is 0.00750. The van der Waals surface area contributed by atoms with E-state index in [0.29, 0.717) is 18.5 Å². The molecule has 1 aromatic rings. The topological polar surface area (TPSA) is 75.6 Å². The molecule has 0 spiro atoms. The zero-order chi connectivity index (χ0) is 15.7. The maximum Gasteiger partial charge on any atom is 0.343 e. The van der Waals surface area contributed by atoms with Crippen molar-refractivity contribution in [1.82, 2.24) is 0 Å². The lowest BCUT2D eigenvalue weighted by Crippen LogP contribution is -2.17. The highest BCUT2D eigenvalue weighted by Gasteiger charge is 2.18. The quantitative estimate of drug-likeness (QED) is 0.333. The maximum absolute atomic E-state index is 12.0. The lowest BCUT2D eigenvalue weighted by atomic mass is 10.1. The Bertz CT molecular complexity index is 503. The van der Waals surface area contributed by atoms with Crippen molar-refractivity contribution in [3.05, 3.63) is 41.6 Å². The first kappa shape index (κ1) is 16.9. The zero-order valence-electron chi connectivity index (χ0n) is 12.4. The van der Waals surface area contributed by atoms with E-state index in [4.69, 9.17) is 9.84 Å². The molecule has 0 saturated carbocycles. The molecule has 0 aliphatic heterocycles. The van der Waals surface area contributed by atoms with Gasteiger partial charge in [-0.05, 0) is 31.0 Å². The predicted molar refractivity (Wildman–Crippen MR) is 80.6 cm³/mol. The highest BCUT2D eigenvalue weighted by molar-refractivity contribution is 6.17. The Morgan fingerprint density at radius 1 is 1.33 bits per heavy atom. The number of carbonyl (C=O) groups is 2. The fraction of sp³-hybridized carbons (Fsp3) is 0.375. The van der Waals surface area contributed by atoms with Crippen LogP contribution in [0.3, 0.4) is 0 Å². The first-order valence-corrected chi connectivity index (χ1v) is 6.99. The third-order valence-electron chi connectivity index (χ3n) is 2.77. The lowest BCUT2D eigenvalue weighted by Gasteiger charge is -2.08. The number of esters is 1. The molecule has 0 saturated heterocycles. The van der Waals surface area contributed by atoms with E-state index in [0.717, 1.165) is 5.56 Å². The summed E-state index contributed by atoms with van der Waals surface area (Å²) in [4.78, 5) is 23.8. The first-order valence-electron chi connectivity index (χ1n) is 6.99. The summed E-state index contributed by atoms with van der Waals surface area (Å²) in [6.07, 6.45) is 2.32. The van der Waals surface area contributed by atoms with Crippen molar-refractivity contribution in [3.8, 4) is 0 Å². The Balaban J connectivity index is 2.90. The maximum atomic E-state index is 12.0. The molecule has 0 unspecified atom stereocenters. The number of carbonyl (C=O) groups excluding carboxylic acids is 2. The summed E-state index contributed by atoms with van der Waals surface area (Å²) in [6, 6.07) is 7.08. The summed E-state index contributed by atoms with van der Waals surface area (Å²) in [6.45, 7) is 3.71. The van der Waals surface area contributed by atoms with Crippen LogP contribution < -0.4 is 5.32 Å². The predicted octanol–water partition coefficient (Wildman–Crippen LogP) is 2.41. The van der Waals surface area contributed by atoms with Gasteiger partial charge < -0.3 is 15.2 Å². The molecule has 5 nitrogen and oxygen atoms in total. The molecule has 0 radical (unpaired) electrons. The van der Waals surface area contributed by atoms with Gasteiger partial charge in [-0.2, -0.15) is 0 Å². The number of nitrogens with one attached hydrogen (secondary N) is 1. The van der Waals surface area contributed by atoms with Crippen LogP contribution in [0.4, 0.5) is 5.69 Å². The molecule has 21 heavy (non-hydrogen) atoms. The van der Waals surface area contributed by atoms with Gasteiger partial charge in [-0.25, -0.2) is 4.79 Å². The van der Waals surface area contributed by atoms with Crippen LogP contribution in [0.15, 0.2) is 36.0 Å². The van der Waals surface area contributed by atoms with Gasteiger partial charge in [-0.1, -0.05) is 19.1 Å². The van der Waals surface area contributed by atoms with Crippen molar-refractivity contribution in [2.24, 2.45) is 0 Å². The van der Waals surface area contributed by atoms with Gasteiger partial charge in [0.1, 0.15) is 5.57 Å². The number of benzene rings is 1. The number of aliphatic hydroxyl groups is 1. The molecule has 0 aromatic heterocycles. The first-order chi connectivity index (χ1) is 10.1. The van der Waals surface area contributed by atoms with E-state index in [2.05, 4.69) is 5.32 Å². The average Bonchev–Trinajstić information content (AvgIpc) is 2.48. The molecular weight excluding hydrogens is 270 g/mol. The molecule has 114 valence electrons. The molecule has 0 amide bonds. The number of Topliss-reactive ketones (excluding diaryl/α,β-unsaturated/α-hetero) is 1. The van der Waals surface area contributed by atoms with Crippen LogP contribution in [0.5, 0.6) is 0 Å². The molecule has 0 aliphatic rings. The van der Waals surface area contributed by atoms with Crippen molar-refractivity contribution in [2.45, 2.75) is 33.3 Å². The average molecular weight is 291 g/mol. The number of aliphatic hydroxyl groups excluding tert-OH is 1. The monoisotopic (exact) mass is 291 g/mol. The van der Waals surface area contributed by atoms with E-state index in [9.17, 15) is 9.59 Å². The summed E-state index contributed by atoms with van der Waals surface area (Å²) >= 11 is 0. The summed E-state index contributed by atoms with van der Waals surface area (Å²) in [5.74, 6) is -0.872. The molecule has 0 fully saturated rings. The van der Waals surface area contributed by atoms with E-state index >= 15 is 0 Å². The molecule has 0 heterocycles. The van der Waals surface area contributed by atoms with Gasteiger partial charge in [0.25, 0.3) is 0 Å². The standard InChI is InChI=1S/C16H21NO4/c1-3-6-15(19)14(16(20)21-4-2)10-17-13-8-5-7-12(9-13)11-18/h5,7-10,17-18H,3-4,6,11H2,1-2H3. The van der Waals surface area contributed by atoms with Gasteiger partial charge in [-0.3, -0.25) is 4.79 Å². The van der Waals surface area contributed by atoms with Crippen molar-refractivity contribution in [1.29, 1.82) is 0 Å². The van der Waals surface area contributed by atoms with E-state index < -0.39 is 5.97 Å². The fourth-order valence-electron chi connectivity index (χ4n) is 1.74. The Labute approximate surface area is 124 Å². The molecule has 1 rings (SSSR count). The molecule has 5 heteroatoms. The van der Waals surface area contributed by atoms with Gasteiger partial charge in [0, 0.05) is 18.3 Å². The highest BCUT2D eigenvalue weighted by Crippen LogP contribution is 2.12. The van der Waals surface area contributed by atoms with E-state index in [1.54, 1.807) is 31.2 Å². The second-order valence-electron chi connectivity index (χ2n) is 4.45. The van der Waals surface area contributed by atoms with Crippen molar-refractivity contribution >= 4 is 17.4 Å². The van der Waals surface area contributed by atoms with E-state index in [1.165, 1.54) is 6.20 Å². The van der Waals surface area contributed by atoms with Gasteiger partial charge in [0.2, 0.25) is 0 Å². The molecule has 1 aromatic carbocycles. The van der Waals surface area contributed by atoms with Crippen LogP contribution in [0.1, 0.15) is 32.3 Å². The summed E-state index contributed by atoms with van der Waals surface area (Å²) < 4.78 is 4.90. The Morgan fingerprint density at radius 2 is 2.10 bits per heavy atom. The fourth-order valence-corrected chi connectivity index (χ4v) is 1.74. The number of rotatable bonds is 8. The van der Waals surface area contributed by atoms with Gasteiger partial charge in [0.05, 0.1) is 13.2 Å². The SMILES string of the molecule is CCCC(=O)C(=CNc1cccc(CO)c1)C(=O)OCC. The van der Waals surface area contributed by atoms with Crippen LogP contribution in [0.25, 0.3) is 0 Å². The van der Waals surface area contributed by atoms with Gasteiger partial charge >= 0.3 is 5.97 Å². The number of hydrogen-bond donors (Lipinski definition) is 2. The third kappa shape index (κ3) is 5.39. The van der Waals surface area contributed by atoms with E-state index in [-0.39, 0.29) is 24.6 Å². The number of ketones is 1. The molecule has 0 aliphatic carbocycles. The molecule has 2 N–H and O–H groups in total. The van der Waals surface area contributed by atoms with E-state index in [1.807, 2.05) is 6.92 Å². The second kappa shape index (κ2) is 8.92. The van der Waals surface area contributed by atoms with Crippen molar-refractivity contribution in [3.63, 3.8) is 0 Å². The third-order valence-corrected chi connectivity index (χ3v) is 2.77. The Kier molecular flexibility index (Phi) is 7.18. The van der Waals surface area contributed by atoms with Crippen LogP contribution in [-0.4, -0.2) is 23.5 Å². The Hall–Kier alpha value is -2.14. The van der Waals surface area contributed by atoms with Crippen LogP contribution >= 0.6 is 0 Å². The second-order valence-corrected chi connectivity index (χ2v) is 4.45. The molecular formula is C16H21NO4. The lowest BCUT2D eigenvalue weighted by molar-refractivity contribution is -0.140. The largest absolute Gasteiger partial charge is 0.462 e. The van der Waals surface area contributed by atoms with Gasteiger partial charge in [-0.15, -0.1) is 0 Å². The summed E-state index contributed by atoms with van der Waals surface area (Å²) in [5.41, 5.74) is 1.44. The van der Waals surface area contributed by atoms with Crippen molar-refractivity contribution in [2.75, 3.05) is 11.9 Å². The summed E-state index contributed by atoms with van der Waals surface area (Å²) in [5, 5.41) is 12.0. The van der Waals surface area contributed by atoms with Gasteiger partial charge in [0.15, 0.2) is 5.78 Å². The minimum atomic E-state index is -0.623. The van der Waals surface area contributed by atoms with Crippen LogP contribution in [0.2, 0.25) is 0 Å². The number of hydrogen-bond acceptors (Lipinski definition) is 5. The summed E-state index contributed by atoms with van der Waals surface area (Å²) in [7, 11) is 0. The smallest absolute Gasteiger partial charge is 0.343 e. The number of anilines is 1. The van der Waals surface area contributed by atoms with Crippen LogP contribution in [0, 0.1) is 0 Å². The molecule has 0 atom stereocenters. The highest BCUT2D eigenvalue weighted by atomic mass is 16.5. The van der Waals surface area contributed by atoms with Crippen molar-refractivity contribution < 1.29 is 19.4 Å². The molecule has 0 bridgehead atoms. The minimum Gasteiger partial charge on any atom is -0.462 e. The number of ether oxygens (including phenoxy) is 1. The van der Waals surface area contributed by atoms with Crippen LogP contribution in [-0.2, 0) is 20.9 Å². The normalized spacial score (nSPS) is 11.1. The Morgan fingerprint density at radius 3 is 2.71 bits per heavy atom.